The number of aromatic nitrogens is 1. The maximum absolute atomic E-state index is 12.0. The summed E-state index contributed by atoms with van der Waals surface area (Å²) in [6.45, 7) is 4.48. The third-order valence-corrected chi connectivity index (χ3v) is 3.26. The van der Waals surface area contributed by atoms with Gasteiger partial charge in [0.05, 0.1) is 6.20 Å². The SMILES string of the molecule is CNCC(C)C(=O)Nc1ccc(Oc2cccnc2)c(C)c1. The first-order valence-electron chi connectivity index (χ1n) is 7.24. The minimum Gasteiger partial charge on any atom is -0.455 e. The average Bonchev–Trinajstić information content (AvgIpc) is 2.51. The Morgan fingerprint density at radius 2 is 2.18 bits per heavy atom. The average molecular weight is 299 g/mol. The van der Waals surface area contributed by atoms with E-state index in [0.717, 1.165) is 17.0 Å². The van der Waals surface area contributed by atoms with E-state index in [9.17, 15) is 4.79 Å². The van der Waals surface area contributed by atoms with Crippen molar-refractivity contribution in [2.24, 2.45) is 5.92 Å². The van der Waals surface area contributed by atoms with Crippen LogP contribution in [0.1, 0.15) is 12.5 Å². The number of rotatable bonds is 6. The van der Waals surface area contributed by atoms with Gasteiger partial charge in [-0.05, 0) is 49.9 Å². The van der Waals surface area contributed by atoms with Crippen molar-refractivity contribution < 1.29 is 9.53 Å². The Morgan fingerprint density at radius 1 is 1.36 bits per heavy atom. The van der Waals surface area contributed by atoms with Crippen LogP contribution in [-0.2, 0) is 4.79 Å². The van der Waals surface area contributed by atoms with Gasteiger partial charge in [0.1, 0.15) is 11.5 Å². The molecule has 0 radical (unpaired) electrons. The van der Waals surface area contributed by atoms with E-state index in [1.165, 1.54) is 0 Å². The monoisotopic (exact) mass is 299 g/mol. The molecule has 1 aromatic heterocycles. The molecule has 1 atom stereocenters. The summed E-state index contributed by atoms with van der Waals surface area (Å²) in [5.74, 6) is 1.34. The zero-order chi connectivity index (χ0) is 15.9. The highest BCUT2D eigenvalue weighted by atomic mass is 16.5. The molecule has 0 spiro atoms. The first kappa shape index (κ1) is 16.0. The van der Waals surface area contributed by atoms with Gasteiger partial charge in [-0.3, -0.25) is 9.78 Å². The number of amides is 1. The summed E-state index contributed by atoms with van der Waals surface area (Å²) in [7, 11) is 1.83. The quantitative estimate of drug-likeness (QED) is 0.861. The maximum Gasteiger partial charge on any atom is 0.228 e. The topological polar surface area (TPSA) is 63.2 Å². The van der Waals surface area contributed by atoms with Crippen molar-refractivity contribution in [2.45, 2.75) is 13.8 Å². The molecule has 0 aliphatic rings. The molecule has 116 valence electrons. The fourth-order valence-electron chi connectivity index (χ4n) is 2.04. The van der Waals surface area contributed by atoms with Crippen LogP contribution in [0.2, 0.25) is 0 Å². The minimum absolute atomic E-state index is 0.00493. The molecule has 22 heavy (non-hydrogen) atoms. The second-order valence-electron chi connectivity index (χ2n) is 5.22. The molecule has 0 saturated heterocycles. The normalized spacial score (nSPS) is 11.8. The lowest BCUT2D eigenvalue weighted by molar-refractivity contribution is -0.119. The third kappa shape index (κ3) is 4.30. The summed E-state index contributed by atoms with van der Waals surface area (Å²) in [5, 5.41) is 5.91. The standard InChI is InChI=1S/C17H21N3O2/c1-12-9-14(20-17(21)13(2)10-18-3)6-7-16(12)22-15-5-4-8-19-11-15/h4-9,11,13,18H,10H2,1-3H3,(H,20,21). The van der Waals surface area contributed by atoms with Crippen LogP contribution in [0.4, 0.5) is 5.69 Å². The number of ether oxygens (including phenoxy) is 1. The van der Waals surface area contributed by atoms with Crippen molar-refractivity contribution in [1.29, 1.82) is 0 Å². The first-order valence-corrected chi connectivity index (χ1v) is 7.24. The second kappa shape index (κ2) is 7.56. The lowest BCUT2D eigenvalue weighted by atomic mass is 10.1. The molecule has 2 rings (SSSR count). The molecule has 0 saturated carbocycles. The van der Waals surface area contributed by atoms with Crippen molar-refractivity contribution in [3.05, 3.63) is 48.3 Å². The molecule has 0 bridgehead atoms. The van der Waals surface area contributed by atoms with Crippen LogP contribution in [0.3, 0.4) is 0 Å². The van der Waals surface area contributed by atoms with Crippen LogP contribution < -0.4 is 15.4 Å². The smallest absolute Gasteiger partial charge is 0.228 e. The zero-order valence-corrected chi connectivity index (χ0v) is 13.1. The van der Waals surface area contributed by atoms with Crippen molar-refractivity contribution >= 4 is 11.6 Å². The van der Waals surface area contributed by atoms with E-state index < -0.39 is 0 Å². The summed E-state index contributed by atoms with van der Waals surface area (Å²) in [6, 6.07) is 9.25. The Bertz CT molecular complexity index is 629. The number of carbonyl (C=O) groups is 1. The lowest BCUT2D eigenvalue weighted by Gasteiger charge is -2.13. The molecule has 1 heterocycles. The van der Waals surface area contributed by atoms with Crippen LogP contribution in [0.5, 0.6) is 11.5 Å². The lowest BCUT2D eigenvalue weighted by Crippen LogP contribution is -2.28. The van der Waals surface area contributed by atoms with Gasteiger partial charge in [-0.25, -0.2) is 0 Å². The fraction of sp³-hybridized carbons (Fsp3) is 0.294. The highest BCUT2D eigenvalue weighted by Crippen LogP contribution is 2.26. The summed E-state index contributed by atoms with van der Waals surface area (Å²) >= 11 is 0. The Morgan fingerprint density at radius 3 is 2.82 bits per heavy atom. The number of nitrogens with one attached hydrogen (secondary N) is 2. The third-order valence-electron chi connectivity index (χ3n) is 3.26. The van der Waals surface area contributed by atoms with Crippen molar-refractivity contribution in [2.75, 3.05) is 18.9 Å². The van der Waals surface area contributed by atoms with Crippen LogP contribution in [0.15, 0.2) is 42.7 Å². The number of pyridine rings is 1. The predicted molar refractivity (Wildman–Crippen MR) is 87.2 cm³/mol. The van der Waals surface area contributed by atoms with E-state index in [2.05, 4.69) is 15.6 Å². The van der Waals surface area contributed by atoms with Crippen molar-refractivity contribution in [1.82, 2.24) is 10.3 Å². The molecule has 2 aromatic rings. The number of anilines is 1. The van der Waals surface area contributed by atoms with Gasteiger partial charge in [0.2, 0.25) is 5.91 Å². The molecular formula is C17H21N3O2. The van der Waals surface area contributed by atoms with Gasteiger partial charge in [0, 0.05) is 24.3 Å². The number of benzene rings is 1. The van der Waals surface area contributed by atoms with Crippen LogP contribution in [-0.4, -0.2) is 24.5 Å². The summed E-state index contributed by atoms with van der Waals surface area (Å²) in [4.78, 5) is 16.0. The molecule has 2 N–H and O–H groups in total. The molecule has 1 amide bonds. The summed E-state index contributed by atoms with van der Waals surface area (Å²) < 4.78 is 5.77. The van der Waals surface area contributed by atoms with E-state index in [0.29, 0.717) is 12.3 Å². The van der Waals surface area contributed by atoms with E-state index in [1.54, 1.807) is 12.4 Å². The molecule has 0 fully saturated rings. The van der Waals surface area contributed by atoms with Gasteiger partial charge >= 0.3 is 0 Å². The molecule has 5 nitrogen and oxygen atoms in total. The van der Waals surface area contributed by atoms with Gasteiger partial charge in [0.25, 0.3) is 0 Å². The zero-order valence-electron chi connectivity index (χ0n) is 13.1. The van der Waals surface area contributed by atoms with Gasteiger partial charge in [-0.15, -0.1) is 0 Å². The molecule has 5 heteroatoms. The molecular weight excluding hydrogens is 278 g/mol. The first-order chi connectivity index (χ1) is 10.6. The van der Waals surface area contributed by atoms with Gasteiger partial charge in [-0.1, -0.05) is 6.92 Å². The highest BCUT2D eigenvalue weighted by Gasteiger charge is 2.12. The number of aryl methyl sites for hydroxylation is 1. The number of hydrogen-bond donors (Lipinski definition) is 2. The fourth-order valence-corrected chi connectivity index (χ4v) is 2.04. The summed E-state index contributed by atoms with van der Waals surface area (Å²) in [5.41, 5.74) is 1.71. The van der Waals surface area contributed by atoms with Gasteiger partial charge in [0.15, 0.2) is 0 Å². The number of nitrogens with zero attached hydrogens (tertiary/aromatic N) is 1. The maximum atomic E-state index is 12.0. The van der Waals surface area contributed by atoms with Crippen molar-refractivity contribution in [3.8, 4) is 11.5 Å². The minimum atomic E-state index is -0.0865. The Labute approximate surface area is 130 Å². The Kier molecular flexibility index (Phi) is 5.49. The van der Waals surface area contributed by atoms with E-state index in [4.69, 9.17) is 4.74 Å². The summed E-state index contributed by atoms with van der Waals surface area (Å²) in [6.07, 6.45) is 3.36. The van der Waals surface area contributed by atoms with E-state index in [-0.39, 0.29) is 11.8 Å². The Balaban J connectivity index is 2.05. The largest absolute Gasteiger partial charge is 0.455 e. The number of hydrogen-bond acceptors (Lipinski definition) is 4. The second-order valence-corrected chi connectivity index (χ2v) is 5.22. The van der Waals surface area contributed by atoms with Crippen LogP contribution in [0, 0.1) is 12.8 Å². The van der Waals surface area contributed by atoms with Crippen LogP contribution >= 0.6 is 0 Å². The molecule has 0 aliphatic carbocycles. The highest BCUT2D eigenvalue weighted by molar-refractivity contribution is 5.92. The van der Waals surface area contributed by atoms with Crippen molar-refractivity contribution in [3.63, 3.8) is 0 Å². The molecule has 1 unspecified atom stereocenters. The molecule has 0 aliphatic heterocycles. The predicted octanol–water partition coefficient (Wildman–Crippen LogP) is 2.98. The van der Waals surface area contributed by atoms with E-state index >= 15 is 0 Å². The van der Waals surface area contributed by atoms with Crippen LogP contribution in [0.25, 0.3) is 0 Å². The number of carbonyl (C=O) groups excluding carboxylic acids is 1. The Hall–Kier alpha value is -2.40. The molecule has 1 aromatic carbocycles. The van der Waals surface area contributed by atoms with Gasteiger partial charge < -0.3 is 15.4 Å². The van der Waals surface area contributed by atoms with E-state index in [1.807, 2.05) is 51.2 Å². The van der Waals surface area contributed by atoms with Gasteiger partial charge in [-0.2, -0.15) is 0 Å².